The molecule has 2 aliphatic rings. The van der Waals surface area contributed by atoms with Crippen LogP contribution in [0.15, 0.2) is 24.3 Å². The topological polar surface area (TPSA) is 26.8 Å². The normalized spacial score (nSPS) is 21.6. The molecule has 1 aromatic carbocycles. The number of piperazine rings is 1. The van der Waals surface area contributed by atoms with E-state index in [1.54, 1.807) is 0 Å². The van der Waals surface area contributed by atoms with E-state index in [0.717, 1.165) is 63.7 Å². The van der Waals surface area contributed by atoms with Crippen LogP contribution in [0.3, 0.4) is 0 Å². The molecule has 2 fully saturated rings. The average molecular weight is 336 g/mol. The Hall–Kier alpha value is -1.10. The first-order valence-electron chi connectivity index (χ1n) is 8.63. The van der Waals surface area contributed by atoms with Crippen molar-refractivity contribution in [3.63, 3.8) is 0 Å². The van der Waals surface area contributed by atoms with E-state index >= 15 is 0 Å². The molecule has 1 amide bonds. The Balaban J connectivity index is 1.47. The van der Waals surface area contributed by atoms with E-state index < -0.39 is 0 Å². The summed E-state index contributed by atoms with van der Waals surface area (Å²) in [6.07, 6.45) is 2.32. The molecule has 0 bridgehead atoms. The largest absolute Gasteiger partial charge is 0.341 e. The van der Waals surface area contributed by atoms with Gasteiger partial charge in [0, 0.05) is 50.8 Å². The number of carbonyl (C=O) groups excluding carboxylic acids is 1. The van der Waals surface area contributed by atoms with Crippen LogP contribution in [0.25, 0.3) is 0 Å². The van der Waals surface area contributed by atoms with Crippen molar-refractivity contribution in [2.75, 3.05) is 39.3 Å². The molecule has 0 saturated carbocycles. The van der Waals surface area contributed by atoms with E-state index in [1.807, 2.05) is 17.0 Å². The van der Waals surface area contributed by atoms with Crippen LogP contribution in [-0.4, -0.2) is 65.9 Å². The monoisotopic (exact) mass is 335 g/mol. The molecule has 2 saturated heterocycles. The molecule has 0 aliphatic carbocycles. The summed E-state index contributed by atoms with van der Waals surface area (Å²) in [7, 11) is 0. The Labute approximate surface area is 144 Å². The number of hydrogen-bond donors (Lipinski definition) is 0. The van der Waals surface area contributed by atoms with Gasteiger partial charge in [-0.2, -0.15) is 0 Å². The lowest BCUT2D eigenvalue weighted by atomic mass is 10.1. The predicted octanol–water partition coefficient (Wildman–Crippen LogP) is 2.47. The molecule has 3 rings (SSSR count). The number of amides is 1. The molecule has 1 atom stereocenters. The van der Waals surface area contributed by atoms with Gasteiger partial charge in [-0.05, 0) is 37.5 Å². The third-order valence-electron chi connectivity index (χ3n) is 5.05. The van der Waals surface area contributed by atoms with Gasteiger partial charge in [-0.25, -0.2) is 0 Å². The van der Waals surface area contributed by atoms with E-state index in [2.05, 4.69) is 28.9 Å². The highest BCUT2D eigenvalue weighted by molar-refractivity contribution is 6.30. The van der Waals surface area contributed by atoms with Crippen molar-refractivity contribution in [1.29, 1.82) is 0 Å². The first-order chi connectivity index (χ1) is 11.1. The Kier molecular flexibility index (Phi) is 5.57. The SMILES string of the molecule is CC(C(=O)N1CCCC1)N1CCN(Cc2ccc(Cl)cc2)CC1. The zero-order valence-corrected chi connectivity index (χ0v) is 14.6. The lowest BCUT2D eigenvalue weighted by molar-refractivity contribution is -0.136. The van der Waals surface area contributed by atoms with Crippen LogP contribution >= 0.6 is 11.6 Å². The van der Waals surface area contributed by atoms with Crippen LogP contribution < -0.4 is 0 Å². The van der Waals surface area contributed by atoms with E-state index in [-0.39, 0.29) is 6.04 Å². The van der Waals surface area contributed by atoms with Crippen molar-refractivity contribution in [3.8, 4) is 0 Å². The summed E-state index contributed by atoms with van der Waals surface area (Å²) in [5, 5.41) is 0.785. The standard InChI is InChI=1S/C18H26ClN3O/c1-15(18(23)22-8-2-3-9-22)21-12-10-20(11-13-21)14-16-4-6-17(19)7-5-16/h4-7,15H,2-3,8-14H2,1H3. The lowest BCUT2D eigenvalue weighted by Crippen LogP contribution is -2.54. The molecule has 1 aromatic rings. The first kappa shape index (κ1) is 16.7. The predicted molar refractivity (Wildman–Crippen MR) is 93.6 cm³/mol. The van der Waals surface area contributed by atoms with Crippen molar-refractivity contribution >= 4 is 17.5 Å². The quantitative estimate of drug-likeness (QED) is 0.845. The maximum Gasteiger partial charge on any atom is 0.239 e. The van der Waals surface area contributed by atoms with Crippen LogP contribution in [0.4, 0.5) is 0 Å². The van der Waals surface area contributed by atoms with Gasteiger partial charge in [0.05, 0.1) is 6.04 Å². The molecule has 1 unspecified atom stereocenters. The van der Waals surface area contributed by atoms with Crippen LogP contribution in [0.2, 0.25) is 5.02 Å². The van der Waals surface area contributed by atoms with Crippen molar-refractivity contribution in [2.24, 2.45) is 0 Å². The van der Waals surface area contributed by atoms with Crippen LogP contribution in [-0.2, 0) is 11.3 Å². The third-order valence-corrected chi connectivity index (χ3v) is 5.30. The second-order valence-corrected chi connectivity index (χ2v) is 7.08. The number of likely N-dealkylation sites (tertiary alicyclic amines) is 1. The molecule has 0 aromatic heterocycles. The van der Waals surface area contributed by atoms with Gasteiger partial charge in [-0.3, -0.25) is 14.6 Å². The summed E-state index contributed by atoms with van der Waals surface area (Å²) in [4.78, 5) is 19.3. The molecule has 5 heteroatoms. The fourth-order valence-corrected chi connectivity index (χ4v) is 3.64. The molecule has 126 valence electrons. The van der Waals surface area contributed by atoms with Gasteiger partial charge in [0.25, 0.3) is 0 Å². The second kappa shape index (κ2) is 7.65. The van der Waals surface area contributed by atoms with Gasteiger partial charge < -0.3 is 4.90 Å². The fraction of sp³-hybridized carbons (Fsp3) is 0.611. The van der Waals surface area contributed by atoms with Crippen LogP contribution in [0.5, 0.6) is 0 Å². The van der Waals surface area contributed by atoms with Gasteiger partial charge in [0.2, 0.25) is 5.91 Å². The summed E-state index contributed by atoms with van der Waals surface area (Å²) in [5.74, 6) is 0.314. The first-order valence-corrected chi connectivity index (χ1v) is 9.01. The molecular weight excluding hydrogens is 310 g/mol. The van der Waals surface area contributed by atoms with Gasteiger partial charge in [-0.1, -0.05) is 23.7 Å². The van der Waals surface area contributed by atoms with Gasteiger partial charge >= 0.3 is 0 Å². The van der Waals surface area contributed by atoms with Crippen molar-refractivity contribution in [1.82, 2.24) is 14.7 Å². The van der Waals surface area contributed by atoms with E-state index in [0.29, 0.717) is 5.91 Å². The Bertz CT molecular complexity index is 520. The molecule has 0 radical (unpaired) electrons. The molecule has 0 spiro atoms. The summed E-state index contributed by atoms with van der Waals surface area (Å²) >= 11 is 5.94. The minimum absolute atomic E-state index is 0.0192. The summed E-state index contributed by atoms with van der Waals surface area (Å²) in [6.45, 7) is 8.87. The summed E-state index contributed by atoms with van der Waals surface area (Å²) in [5.41, 5.74) is 1.30. The smallest absolute Gasteiger partial charge is 0.239 e. The van der Waals surface area contributed by atoms with Gasteiger partial charge in [0.1, 0.15) is 0 Å². The van der Waals surface area contributed by atoms with Crippen molar-refractivity contribution in [3.05, 3.63) is 34.9 Å². The Morgan fingerprint density at radius 1 is 1.04 bits per heavy atom. The number of halogens is 1. The zero-order valence-electron chi connectivity index (χ0n) is 13.9. The summed E-state index contributed by atoms with van der Waals surface area (Å²) in [6, 6.07) is 8.10. The second-order valence-electron chi connectivity index (χ2n) is 6.65. The lowest BCUT2D eigenvalue weighted by Gasteiger charge is -2.38. The van der Waals surface area contributed by atoms with Crippen LogP contribution in [0.1, 0.15) is 25.3 Å². The van der Waals surface area contributed by atoms with Crippen molar-refractivity contribution in [2.45, 2.75) is 32.4 Å². The molecule has 2 aliphatic heterocycles. The number of nitrogens with zero attached hydrogens (tertiary/aromatic N) is 3. The molecule has 4 nitrogen and oxygen atoms in total. The fourth-order valence-electron chi connectivity index (χ4n) is 3.51. The van der Waals surface area contributed by atoms with E-state index in [9.17, 15) is 4.79 Å². The Morgan fingerprint density at radius 2 is 1.65 bits per heavy atom. The van der Waals surface area contributed by atoms with Gasteiger partial charge in [-0.15, -0.1) is 0 Å². The molecule has 2 heterocycles. The van der Waals surface area contributed by atoms with Gasteiger partial charge in [0.15, 0.2) is 0 Å². The van der Waals surface area contributed by atoms with Crippen molar-refractivity contribution < 1.29 is 4.79 Å². The number of rotatable bonds is 4. The maximum atomic E-state index is 12.5. The minimum Gasteiger partial charge on any atom is -0.341 e. The minimum atomic E-state index is 0.0192. The molecule has 0 N–H and O–H groups in total. The van der Waals surface area contributed by atoms with Crippen LogP contribution in [0, 0.1) is 0 Å². The number of carbonyl (C=O) groups is 1. The third kappa shape index (κ3) is 4.25. The Morgan fingerprint density at radius 3 is 2.26 bits per heavy atom. The highest BCUT2D eigenvalue weighted by Gasteiger charge is 2.29. The highest BCUT2D eigenvalue weighted by Crippen LogP contribution is 2.16. The zero-order chi connectivity index (χ0) is 16.2. The van der Waals surface area contributed by atoms with E-state index in [1.165, 1.54) is 5.56 Å². The number of hydrogen-bond acceptors (Lipinski definition) is 3. The maximum absolute atomic E-state index is 12.5. The highest BCUT2D eigenvalue weighted by atomic mass is 35.5. The summed E-state index contributed by atoms with van der Waals surface area (Å²) < 4.78 is 0. The molecular formula is C18H26ClN3O. The average Bonchev–Trinajstić information content (AvgIpc) is 3.11. The van der Waals surface area contributed by atoms with E-state index in [4.69, 9.17) is 11.6 Å². The number of benzene rings is 1. The molecule has 23 heavy (non-hydrogen) atoms.